The molecule has 5 atom stereocenters. The summed E-state index contributed by atoms with van der Waals surface area (Å²) in [5.74, 6) is -0.0612. The molecule has 6 heteroatoms. The zero-order valence-electron chi connectivity index (χ0n) is 16.8. The molecule has 0 unspecified atom stereocenters. The minimum absolute atomic E-state index is 0.0612. The summed E-state index contributed by atoms with van der Waals surface area (Å²) < 4.78 is 5.62. The predicted octanol–water partition coefficient (Wildman–Crippen LogP) is 1.76. The summed E-state index contributed by atoms with van der Waals surface area (Å²) in [7, 11) is 0. The highest BCUT2D eigenvalue weighted by Crippen LogP contribution is 2.38. The molecule has 1 heterocycles. The van der Waals surface area contributed by atoms with Crippen LogP contribution in [0.25, 0.3) is 0 Å². The molecular weight excluding hydrogens is 372 g/mol. The van der Waals surface area contributed by atoms with E-state index in [1.54, 1.807) is 12.1 Å². The molecule has 2 aromatic rings. The van der Waals surface area contributed by atoms with Crippen molar-refractivity contribution in [2.45, 2.75) is 63.6 Å². The average Bonchev–Trinajstić information content (AvgIpc) is 2.70. The highest BCUT2D eigenvalue weighted by Gasteiger charge is 2.44. The molecule has 3 rings (SSSR count). The zero-order valence-corrected chi connectivity index (χ0v) is 16.8. The Bertz CT molecular complexity index is 817. The lowest BCUT2D eigenvalue weighted by molar-refractivity contribution is -0.232. The van der Waals surface area contributed by atoms with Crippen LogP contribution < -0.4 is 0 Å². The van der Waals surface area contributed by atoms with E-state index < -0.39 is 37.1 Å². The molecule has 1 aliphatic rings. The van der Waals surface area contributed by atoms with Crippen LogP contribution >= 0.6 is 0 Å². The number of aromatic hydroxyl groups is 1. The lowest BCUT2D eigenvalue weighted by atomic mass is 9.88. The number of phenols is 1. The predicted molar refractivity (Wildman–Crippen MR) is 109 cm³/mol. The van der Waals surface area contributed by atoms with Crippen molar-refractivity contribution in [2.24, 2.45) is 0 Å². The van der Waals surface area contributed by atoms with Crippen LogP contribution in [0.3, 0.4) is 0 Å². The molecule has 1 saturated heterocycles. The Morgan fingerprint density at radius 1 is 0.931 bits per heavy atom. The van der Waals surface area contributed by atoms with Crippen molar-refractivity contribution in [3.8, 4) is 5.75 Å². The number of hydrogen-bond acceptors (Lipinski definition) is 6. The maximum Gasteiger partial charge on any atom is 0.121 e. The molecule has 0 aliphatic carbocycles. The standard InChI is InChI=1S/C23H30O6/c1-3-4-14-5-7-15(8-6-14)10-16-11-17(18(25)9-13(16)2)23-22(28)21(27)20(26)19(12-24)29-23/h5-9,11,19-28H,3-4,10,12H2,1-2H3/t19-,20-,21+,22-,23+/m1/s1. The molecule has 0 spiro atoms. The van der Waals surface area contributed by atoms with Crippen LogP contribution in [0.2, 0.25) is 0 Å². The Morgan fingerprint density at radius 3 is 2.21 bits per heavy atom. The number of phenolic OH excluding ortho intramolecular Hbond substituents is 1. The number of aryl methyl sites for hydroxylation is 2. The molecule has 29 heavy (non-hydrogen) atoms. The van der Waals surface area contributed by atoms with Gasteiger partial charge in [0.05, 0.1) is 6.61 Å². The van der Waals surface area contributed by atoms with Crippen LogP contribution in [0.4, 0.5) is 0 Å². The van der Waals surface area contributed by atoms with Gasteiger partial charge < -0.3 is 30.3 Å². The van der Waals surface area contributed by atoms with E-state index in [2.05, 4.69) is 31.2 Å². The van der Waals surface area contributed by atoms with E-state index in [-0.39, 0.29) is 5.75 Å². The van der Waals surface area contributed by atoms with Crippen LogP contribution in [-0.4, -0.2) is 56.6 Å². The fraction of sp³-hybridized carbons (Fsp3) is 0.478. The summed E-state index contributed by atoms with van der Waals surface area (Å²) in [6, 6.07) is 11.8. The molecule has 6 nitrogen and oxygen atoms in total. The van der Waals surface area contributed by atoms with Crippen LogP contribution in [0.5, 0.6) is 5.75 Å². The molecule has 0 aromatic heterocycles. The maximum atomic E-state index is 10.5. The maximum absolute atomic E-state index is 10.5. The second-order valence-electron chi connectivity index (χ2n) is 7.83. The quantitative estimate of drug-likeness (QED) is 0.504. The minimum Gasteiger partial charge on any atom is -0.508 e. The lowest BCUT2D eigenvalue weighted by Crippen LogP contribution is -2.55. The molecule has 0 radical (unpaired) electrons. The molecule has 0 saturated carbocycles. The number of aliphatic hydroxyl groups is 4. The Hall–Kier alpha value is -1.96. The second-order valence-corrected chi connectivity index (χ2v) is 7.83. The smallest absolute Gasteiger partial charge is 0.121 e. The number of ether oxygens (including phenoxy) is 1. The van der Waals surface area contributed by atoms with Gasteiger partial charge >= 0.3 is 0 Å². The number of benzene rings is 2. The van der Waals surface area contributed by atoms with E-state index >= 15 is 0 Å². The Kier molecular flexibility index (Phi) is 6.93. The van der Waals surface area contributed by atoms with Crippen LogP contribution in [0.1, 0.15) is 47.3 Å². The SMILES string of the molecule is CCCc1ccc(Cc2cc([C@@H]3O[C@H](CO)[C@@H](O)[C@H](O)[C@H]3O)c(O)cc2C)cc1. The highest BCUT2D eigenvalue weighted by atomic mass is 16.5. The number of rotatable bonds is 6. The zero-order chi connectivity index (χ0) is 21.1. The molecule has 5 N–H and O–H groups in total. The van der Waals surface area contributed by atoms with Gasteiger partial charge in [0.15, 0.2) is 0 Å². The van der Waals surface area contributed by atoms with Crippen molar-refractivity contribution in [2.75, 3.05) is 6.61 Å². The van der Waals surface area contributed by atoms with Crippen molar-refractivity contribution >= 4 is 0 Å². The van der Waals surface area contributed by atoms with Crippen LogP contribution in [-0.2, 0) is 17.6 Å². The van der Waals surface area contributed by atoms with Crippen molar-refractivity contribution < 1.29 is 30.3 Å². The van der Waals surface area contributed by atoms with Crippen molar-refractivity contribution in [1.82, 2.24) is 0 Å². The first kappa shape index (κ1) is 21.7. The van der Waals surface area contributed by atoms with Gasteiger partial charge in [-0.1, -0.05) is 37.6 Å². The molecule has 0 amide bonds. The van der Waals surface area contributed by atoms with Gasteiger partial charge in [0.1, 0.15) is 36.3 Å². The van der Waals surface area contributed by atoms with E-state index in [4.69, 9.17) is 4.74 Å². The normalized spacial score (nSPS) is 27.2. The fourth-order valence-corrected chi connectivity index (χ4v) is 3.87. The second kappa shape index (κ2) is 9.24. The Labute approximate surface area is 171 Å². The third kappa shape index (κ3) is 4.63. The van der Waals surface area contributed by atoms with Gasteiger partial charge in [0.2, 0.25) is 0 Å². The van der Waals surface area contributed by atoms with Crippen LogP contribution in [0, 0.1) is 6.92 Å². The van der Waals surface area contributed by atoms with Crippen LogP contribution in [0.15, 0.2) is 36.4 Å². The van der Waals surface area contributed by atoms with Crippen molar-refractivity contribution in [3.05, 3.63) is 64.2 Å². The van der Waals surface area contributed by atoms with E-state index in [9.17, 15) is 25.5 Å². The van der Waals surface area contributed by atoms with Gasteiger partial charge in [0.25, 0.3) is 0 Å². The van der Waals surface area contributed by atoms with E-state index in [1.807, 2.05) is 6.92 Å². The molecule has 0 bridgehead atoms. The lowest BCUT2D eigenvalue weighted by Gasteiger charge is -2.40. The third-order valence-electron chi connectivity index (χ3n) is 5.64. The van der Waals surface area contributed by atoms with Gasteiger partial charge in [-0.3, -0.25) is 0 Å². The molecule has 1 fully saturated rings. The third-order valence-corrected chi connectivity index (χ3v) is 5.64. The first-order chi connectivity index (χ1) is 13.8. The van der Waals surface area contributed by atoms with Gasteiger partial charge in [-0.25, -0.2) is 0 Å². The van der Waals surface area contributed by atoms with Crippen molar-refractivity contribution in [1.29, 1.82) is 0 Å². The van der Waals surface area contributed by atoms with Crippen molar-refractivity contribution in [3.63, 3.8) is 0 Å². The summed E-state index contributed by atoms with van der Waals surface area (Å²) in [6.45, 7) is 3.54. The highest BCUT2D eigenvalue weighted by molar-refractivity contribution is 5.45. The topological polar surface area (TPSA) is 110 Å². The summed E-state index contributed by atoms with van der Waals surface area (Å²) in [4.78, 5) is 0. The first-order valence-electron chi connectivity index (χ1n) is 10.1. The first-order valence-corrected chi connectivity index (χ1v) is 10.1. The van der Waals surface area contributed by atoms with E-state index in [0.717, 1.165) is 29.5 Å². The van der Waals surface area contributed by atoms with Gasteiger partial charge in [-0.2, -0.15) is 0 Å². The monoisotopic (exact) mass is 402 g/mol. The Balaban J connectivity index is 1.89. The Morgan fingerprint density at radius 2 is 1.59 bits per heavy atom. The van der Waals surface area contributed by atoms with Gasteiger partial charge in [0, 0.05) is 5.56 Å². The largest absolute Gasteiger partial charge is 0.508 e. The number of hydrogen-bond donors (Lipinski definition) is 5. The average molecular weight is 402 g/mol. The minimum atomic E-state index is -1.49. The van der Waals surface area contributed by atoms with E-state index in [1.165, 1.54) is 5.56 Å². The molecule has 1 aliphatic heterocycles. The van der Waals surface area contributed by atoms with E-state index in [0.29, 0.717) is 12.0 Å². The summed E-state index contributed by atoms with van der Waals surface area (Å²) in [6.07, 6.45) is -3.64. The fourth-order valence-electron chi connectivity index (χ4n) is 3.87. The summed E-state index contributed by atoms with van der Waals surface area (Å²) >= 11 is 0. The number of aliphatic hydroxyl groups excluding tert-OH is 4. The molecular formula is C23H30O6. The summed E-state index contributed by atoms with van der Waals surface area (Å²) in [5, 5.41) is 50.3. The molecule has 158 valence electrons. The van der Waals surface area contributed by atoms with Gasteiger partial charge in [-0.15, -0.1) is 0 Å². The summed E-state index contributed by atoms with van der Waals surface area (Å²) in [5.41, 5.74) is 4.59. The molecule has 2 aromatic carbocycles. The van der Waals surface area contributed by atoms with Gasteiger partial charge in [-0.05, 0) is 54.2 Å².